The molecule has 1 aromatic rings. The number of nitrogens with one attached hydrogen (secondary N) is 1. The van der Waals surface area contributed by atoms with Gasteiger partial charge in [-0.05, 0) is 55.5 Å². The second-order valence-corrected chi connectivity index (χ2v) is 5.63. The van der Waals surface area contributed by atoms with Gasteiger partial charge in [-0.25, -0.2) is 0 Å². The van der Waals surface area contributed by atoms with E-state index in [2.05, 4.69) is 23.5 Å². The van der Waals surface area contributed by atoms with Crippen molar-refractivity contribution >= 4 is 11.8 Å². The fraction of sp³-hybridized carbons (Fsp3) is 0.538. The van der Waals surface area contributed by atoms with Crippen molar-refractivity contribution in [2.45, 2.75) is 30.1 Å². The van der Waals surface area contributed by atoms with Crippen LogP contribution in [0.1, 0.15) is 29.9 Å². The lowest BCUT2D eigenvalue weighted by molar-refractivity contribution is 0.460. The van der Waals surface area contributed by atoms with E-state index >= 15 is 0 Å². The normalized spacial score (nSPS) is 21.6. The molecule has 0 atom stereocenters. The molecule has 3 rings (SSSR count). The molecule has 1 saturated heterocycles. The van der Waals surface area contributed by atoms with Crippen molar-refractivity contribution in [2.24, 2.45) is 0 Å². The van der Waals surface area contributed by atoms with Gasteiger partial charge in [0, 0.05) is 10.6 Å². The van der Waals surface area contributed by atoms with Crippen LogP contribution in [0.4, 0.5) is 0 Å². The molecule has 1 aromatic carbocycles. The van der Waals surface area contributed by atoms with Crippen LogP contribution in [0.5, 0.6) is 0 Å². The van der Waals surface area contributed by atoms with Gasteiger partial charge in [-0.15, -0.1) is 11.8 Å². The number of thioether (sulfide) groups is 1. The molecule has 0 amide bonds. The Bertz CT molecular complexity index is 356. The van der Waals surface area contributed by atoms with Crippen molar-refractivity contribution in [1.29, 1.82) is 0 Å². The number of rotatable bonds is 1. The van der Waals surface area contributed by atoms with Gasteiger partial charge in [-0.1, -0.05) is 12.1 Å². The number of benzene rings is 1. The number of fused-ring (bicyclic) bond motifs is 1. The van der Waals surface area contributed by atoms with E-state index in [0.29, 0.717) is 0 Å². The summed E-state index contributed by atoms with van der Waals surface area (Å²) in [5.74, 6) is 2.09. The summed E-state index contributed by atoms with van der Waals surface area (Å²) in [5.41, 5.74) is 3.17. The summed E-state index contributed by atoms with van der Waals surface area (Å²) in [7, 11) is 0. The Morgan fingerprint density at radius 1 is 1.20 bits per heavy atom. The van der Waals surface area contributed by atoms with Crippen LogP contribution in [0.25, 0.3) is 0 Å². The van der Waals surface area contributed by atoms with Gasteiger partial charge in [0.25, 0.3) is 0 Å². The zero-order chi connectivity index (χ0) is 10.1. The van der Waals surface area contributed by atoms with E-state index in [1.807, 2.05) is 11.8 Å². The number of piperidine rings is 1. The quantitative estimate of drug-likeness (QED) is 0.779. The highest BCUT2D eigenvalue weighted by atomic mass is 32.2. The average Bonchev–Trinajstić information content (AvgIpc) is 2.77. The Balaban J connectivity index is 1.85. The van der Waals surface area contributed by atoms with Gasteiger partial charge in [-0.3, -0.25) is 0 Å². The standard InChI is InChI=1S/C13H17NS/c1-2-13-12(5-8-15-13)9-11(1)10-3-6-14-7-4-10/h1-2,9-10,14H,3-8H2. The van der Waals surface area contributed by atoms with E-state index in [1.54, 1.807) is 11.1 Å². The average molecular weight is 219 g/mol. The van der Waals surface area contributed by atoms with Crippen molar-refractivity contribution in [1.82, 2.24) is 5.32 Å². The van der Waals surface area contributed by atoms with Crippen molar-refractivity contribution in [2.75, 3.05) is 18.8 Å². The second-order valence-electron chi connectivity index (χ2n) is 4.49. The molecule has 15 heavy (non-hydrogen) atoms. The second kappa shape index (κ2) is 4.18. The lowest BCUT2D eigenvalue weighted by Crippen LogP contribution is -2.26. The summed E-state index contributed by atoms with van der Waals surface area (Å²) in [5, 5.41) is 3.43. The summed E-state index contributed by atoms with van der Waals surface area (Å²) in [6, 6.07) is 7.16. The molecule has 0 spiro atoms. The first-order chi connectivity index (χ1) is 7.43. The van der Waals surface area contributed by atoms with Crippen molar-refractivity contribution in [3.05, 3.63) is 29.3 Å². The third kappa shape index (κ3) is 1.93. The number of aryl methyl sites for hydroxylation is 1. The first kappa shape index (κ1) is 9.73. The molecule has 0 saturated carbocycles. The van der Waals surface area contributed by atoms with Gasteiger partial charge in [0.15, 0.2) is 0 Å². The van der Waals surface area contributed by atoms with Crippen LogP contribution in [-0.4, -0.2) is 18.8 Å². The molecule has 1 fully saturated rings. The van der Waals surface area contributed by atoms with Gasteiger partial charge >= 0.3 is 0 Å². The van der Waals surface area contributed by atoms with Crippen LogP contribution in [0.2, 0.25) is 0 Å². The van der Waals surface area contributed by atoms with Crippen LogP contribution in [-0.2, 0) is 6.42 Å². The van der Waals surface area contributed by atoms with Crippen molar-refractivity contribution < 1.29 is 0 Å². The zero-order valence-corrected chi connectivity index (χ0v) is 9.78. The molecule has 0 bridgehead atoms. The van der Waals surface area contributed by atoms with E-state index in [-0.39, 0.29) is 0 Å². The maximum Gasteiger partial charge on any atom is 0.0105 e. The van der Waals surface area contributed by atoms with Crippen molar-refractivity contribution in [3.8, 4) is 0 Å². The molecule has 80 valence electrons. The molecule has 2 aliphatic heterocycles. The van der Waals surface area contributed by atoms with E-state index in [9.17, 15) is 0 Å². The lowest BCUT2D eigenvalue weighted by atomic mass is 9.89. The molecule has 2 heteroatoms. The van der Waals surface area contributed by atoms with Crippen LogP contribution >= 0.6 is 11.8 Å². The summed E-state index contributed by atoms with van der Waals surface area (Å²) in [6.07, 6.45) is 3.90. The van der Waals surface area contributed by atoms with E-state index < -0.39 is 0 Å². The fourth-order valence-corrected chi connectivity index (χ4v) is 3.67. The summed E-state index contributed by atoms with van der Waals surface area (Å²) >= 11 is 2.01. The molecular weight excluding hydrogens is 202 g/mol. The predicted molar refractivity (Wildman–Crippen MR) is 65.7 cm³/mol. The Morgan fingerprint density at radius 3 is 2.93 bits per heavy atom. The van der Waals surface area contributed by atoms with E-state index in [4.69, 9.17) is 0 Å². The molecule has 0 aliphatic carbocycles. The Kier molecular flexibility index (Phi) is 2.72. The molecule has 2 aliphatic rings. The maximum absolute atomic E-state index is 3.43. The Hall–Kier alpha value is -0.470. The highest BCUT2D eigenvalue weighted by Gasteiger charge is 2.18. The van der Waals surface area contributed by atoms with E-state index in [0.717, 1.165) is 5.92 Å². The maximum atomic E-state index is 3.43. The molecule has 2 heterocycles. The number of hydrogen-bond acceptors (Lipinski definition) is 2. The van der Waals surface area contributed by atoms with Gasteiger partial charge in [0.05, 0.1) is 0 Å². The first-order valence-corrected chi connectivity index (χ1v) is 6.88. The van der Waals surface area contributed by atoms with Gasteiger partial charge in [0.1, 0.15) is 0 Å². The Labute approximate surface area is 95.6 Å². The van der Waals surface area contributed by atoms with Gasteiger partial charge in [-0.2, -0.15) is 0 Å². The monoisotopic (exact) mass is 219 g/mol. The highest BCUT2D eigenvalue weighted by molar-refractivity contribution is 7.99. The SMILES string of the molecule is c1cc2c(cc1C1CCNCC1)CCS2. The zero-order valence-electron chi connectivity index (χ0n) is 8.96. The molecule has 1 N–H and O–H groups in total. The van der Waals surface area contributed by atoms with Crippen LogP contribution < -0.4 is 5.32 Å². The smallest absolute Gasteiger partial charge is 0.0105 e. The minimum absolute atomic E-state index is 0.808. The number of hydrogen-bond donors (Lipinski definition) is 1. The largest absolute Gasteiger partial charge is 0.317 e. The minimum Gasteiger partial charge on any atom is -0.317 e. The van der Waals surface area contributed by atoms with Crippen LogP contribution in [0, 0.1) is 0 Å². The third-order valence-corrected chi connectivity index (χ3v) is 4.64. The summed E-state index contributed by atoms with van der Waals surface area (Å²) in [4.78, 5) is 1.52. The molecule has 0 unspecified atom stereocenters. The highest BCUT2D eigenvalue weighted by Crippen LogP contribution is 2.34. The van der Waals surface area contributed by atoms with Gasteiger partial charge in [0.2, 0.25) is 0 Å². The lowest BCUT2D eigenvalue weighted by Gasteiger charge is -2.23. The molecule has 0 radical (unpaired) electrons. The van der Waals surface area contributed by atoms with Crippen LogP contribution in [0.3, 0.4) is 0 Å². The van der Waals surface area contributed by atoms with Crippen molar-refractivity contribution in [3.63, 3.8) is 0 Å². The first-order valence-electron chi connectivity index (χ1n) is 5.90. The molecule has 1 nitrogen and oxygen atoms in total. The van der Waals surface area contributed by atoms with Gasteiger partial charge < -0.3 is 5.32 Å². The fourth-order valence-electron chi connectivity index (χ4n) is 2.62. The molecular formula is C13H17NS. The topological polar surface area (TPSA) is 12.0 Å². The molecule has 0 aromatic heterocycles. The third-order valence-electron chi connectivity index (χ3n) is 3.52. The van der Waals surface area contributed by atoms with E-state index in [1.165, 1.54) is 43.0 Å². The minimum atomic E-state index is 0.808. The Morgan fingerprint density at radius 2 is 2.07 bits per heavy atom. The summed E-state index contributed by atoms with van der Waals surface area (Å²) in [6.45, 7) is 2.38. The summed E-state index contributed by atoms with van der Waals surface area (Å²) < 4.78 is 0. The predicted octanol–water partition coefficient (Wildman–Crippen LogP) is 2.80. The van der Waals surface area contributed by atoms with Crippen LogP contribution in [0.15, 0.2) is 23.1 Å².